The number of aromatic nitrogens is 2. The quantitative estimate of drug-likeness (QED) is 0.527. The van der Waals surface area contributed by atoms with E-state index in [9.17, 15) is 4.79 Å². The largest absolute Gasteiger partial charge is 0.339 e. The zero-order valence-electron chi connectivity index (χ0n) is 15.2. The Balaban J connectivity index is 1.96. The van der Waals surface area contributed by atoms with E-state index < -0.39 is 0 Å². The Labute approximate surface area is 152 Å². The van der Waals surface area contributed by atoms with Crippen LogP contribution in [-0.2, 0) is 4.79 Å². The molecule has 0 aliphatic rings. The monoisotopic (exact) mass is 343 g/mol. The molecule has 0 spiro atoms. The van der Waals surface area contributed by atoms with Gasteiger partial charge in [-0.15, -0.1) is 0 Å². The summed E-state index contributed by atoms with van der Waals surface area (Å²) in [6.45, 7) is 6.01. The van der Waals surface area contributed by atoms with Gasteiger partial charge in [0.1, 0.15) is 5.65 Å². The van der Waals surface area contributed by atoms with Crippen molar-refractivity contribution in [3.8, 4) is 11.1 Å². The molecule has 4 rings (SSSR count). The van der Waals surface area contributed by atoms with Crippen LogP contribution in [0.5, 0.6) is 0 Å². The van der Waals surface area contributed by atoms with Crippen molar-refractivity contribution in [3.05, 3.63) is 59.8 Å². The molecule has 2 heterocycles. The molecule has 4 heteroatoms. The van der Waals surface area contributed by atoms with E-state index in [0.29, 0.717) is 6.42 Å². The highest BCUT2D eigenvalue weighted by atomic mass is 16.1. The van der Waals surface area contributed by atoms with Gasteiger partial charge in [0, 0.05) is 29.1 Å². The third-order valence-corrected chi connectivity index (χ3v) is 4.73. The molecular formula is C22H21N3O. The Morgan fingerprint density at radius 1 is 1.15 bits per heavy atom. The second-order valence-electron chi connectivity index (χ2n) is 6.70. The lowest BCUT2D eigenvalue weighted by molar-refractivity contribution is -0.115. The van der Waals surface area contributed by atoms with E-state index in [2.05, 4.69) is 53.4 Å². The summed E-state index contributed by atoms with van der Waals surface area (Å²) in [5, 5.41) is 5.24. The van der Waals surface area contributed by atoms with Gasteiger partial charge in [-0.2, -0.15) is 0 Å². The zero-order chi connectivity index (χ0) is 18.3. The van der Waals surface area contributed by atoms with Crippen molar-refractivity contribution < 1.29 is 4.79 Å². The third-order valence-electron chi connectivity index (χ3n) is 4.73. The number of hydrogen-bond donors (Lipinski definition) is 2. The predicted octanol–water partition coefficient (Wildman–Crippen LogP) is 5.35. The first kappa shape index (κ1) is 16.3. The van der Waals surface area contributed by atoms with Gasteiger partial charge in [-0.05, 0) is 54.3 Å². The number of carbonyl (C=O) groups excluding carboxylic acids is 1. The van der Waals surface area contributed by atoms with E-state index in [1.807, 2.05) is 31.3 Å². The molecule has 2 aromatic carbocycles. The standard InChI is InChI=1S/C22H21N3O/c1-4-19(26)24-16-7-5-6-15(11-16)17-9-8-14(3)21-20(17)18-10-13(2)12-23-22(18)25-21/h5-12H,4H2,1-3H3,(H,23,25)(H,24,26). The maximum atomic E-state index is 11.7. The van der Waals surface area contributed by atoms with E-state index in [1.165, 1.54) is 10.9 Å². The fourth-order valence-corrected chi connectivity index (χ4v) is 3.38. The van der Waals surface area contributed by atoms with Gasteiger partial charge in [0.2, 0.25) is 5.91 Å². The molecule has 26 heavy (non-hydrogen) atoms. The minimum absolute atomic E-state index is 0.0168. The number of benzene rings is 2. The number of pyridine rings is 1. The molecule has 2 N–H and O–H groups in total. The van der Waals surface area contributed by atoms with Crippen molar-refractivity contribution >= 4 is 33.5 Å². The number of aryl methyl sites for hydroxylation is 2. The van der Waals surface area contributed by atoms with Gasteiger partial charge in [-0.1, -0.05) is 31.2 Å². The Kier molecular flexibility index (Phi) is 3.96. The Morgan fingerprint density at radius 3 is 2.81 bits per heavy atom. The summed E-state index contributed by atoms with van der Waals surface area (Å²) in [7, 11) is 0. The fraction of sp³-hybridized carbons (Fsp3) is 0.182. The summed E-state index contributed by atoms with van der Waals surface area (Å²) in [5.74, 6) is 0.0168. The average Bonchev–Trinajstić information content (AvgIpc) is 3.02. The third kappa shape index (κ3) is 2.73. The number of rotatable bonds is 3. The van der Waals surface area contributed by atoms with E-state index in [0.717, 1.165) is 38.9 Å². The molecule has 130 valence electrons. The molecule has 0 saturated carbocycles. The van der Waals surface area contributed by atoms with Gasteiger partial charge in [0.15, 0.2) is 0 Å². The molecule has 4 nitrogen and oxygen atoms in total. The van der Waals surface area contributed by atoms with Gasteiger partial charge in [0.05, 0.1) is 5.52 Å². The Morgan fingerprint density at radius 2 is 2.00 bits per heavy atom. The first-order valence-corrected chi connectivity index (χ1v) is 8.84. The topological polar surface area (TPSA) is 57.8 Å². The van der Waals surface area contributed by atoms with Crippen LogP contribution in [0.1, 0.15) is 24.5 Å². The van der Waals surface area contributed by atoms with Crippen LogP contribution in [-0.4, -0.2) is 15.9 Å². The molecule has 2 aromatic heterocycles. The summed E-state index contributed by atoms with van der Waals surface area (Å²) in [4.78, 5) is 19.7. The molecule has 0 fully saturated rings. The molecule has 0 atom stereocenters. The van der Waals surface area contributed by atoms with Crippen molar-refractivity contribution in [2.45, 2.75) is 27.2 Å². The summed E-state index contributed by atoms with van der Waals surface area (Å²) < 4.78 is 0. The van der Waals surface area contributed by atoms with E-state index >= 15 is 0 Å². The van der Waals surface area contributed by atoms with Crippen molar-refractivity contribution in [1.29, 1.82) is 0 Å². The Bertz CT molecular complexity index is 1140. The lowest BCUT2D eigenvalue weighted by Crippen LogP contribution is -2.09. The van der Waals surface area contributed by atoms with Crippen LogP contribution in [0.25, 0.3) is 33.1 Å². The maximum absolute atomic E-state index is 11.7. The van der Waals surface area contributed by atoms with Crippen LogP contribution in [0.15, 0.2) is 48.7 Å². The van der Waals surface area contributed by atoms with Crippen LogP contribution < -0.4 is 5.32 Å². The second kappa shape index (κ2) is 6.30. The minimum Gasteiger partial charge on any atom is -0.339 e. The molecule has 0 aliphatic heterocycles. The van der Waals surface area contributed by atoms with Crippen LogP contribution in [0.3, 0.4) is 0 Å². The maximum Gasteiger partial charge on any atom is 0.224 e. The summed E-state index contributed by atoms with van der Waals surface area (Å²) in [6.07, 6.45) is 2.35. The summed E-state index contributed by atoms with van der Waals surface area (Å²) >= 11 is 0. The highest BCUT2D eigenvalue weighted by Gasteiger charge is 2.14. The van der Waals surface area contributed by atoms with Crippen molar-refractivity contribution in [1.82, 2.24) is 9.97 Å². The van der Waals surface area contributed by atoms with Crippen LogP contribution >= 0.6 is 0 Å². The van der Waals surface area contributed by atoms with Crippen LogP contribution in [0.2, 0.25) is 0 Å². The van der Waals surface area contributed by atoms with Crippen LogP contribution in [0, 0.1) is 13.8 Å². The van der Waals surface area contributed by atoms with Gasteiger partial charge in [0.25, 0.3) is 0 Å². The smallest absolute Gasteiger partial charge is 0.224 e. The van der Waals surface area contributed by atoms with Crippen LogP contribution in [0.4, 0.5) is 5.69 Å². The number of hydrogen-bond acceptors (Lipinski definition) is 2. The van der Waals surface area contributed by atoms with E-state index in [1.54, 1.807) is 0 Å². The van der Waals surface area contributed by atoms with Gasteiger partial charge in [-0.3, -0.25) is 4.79 Å². The number of nitrogens with zero attached hydrogens (tertiary/aromatic N) is 1. The molecule has 0 unspecified atom stereocenters. The highest BCUT2D eigenvalue weighted by Crippen LogP contribution is 2.36. The Hall–Kier alpha value is -3.14. The predicted molar refractivity (Wildman–Crippen MR) is 107 cm³/mol. The zero-order valence-corrected chi connectivity index (χ0v) is 15.2. The molecule has 0 aliphatic carbocycles. The number of anilines is 1. The number of H-pyrrole nitrogens is 1. The number of fused-ring (bicyclic) bond motifs is 3. The average molecular weight is 343 g/mol. The first-order valence-electron chi connectivity index (χ1n) is 8.84. The van der Waals surface area contributed by atoms with Gasteiger partial charge < -0.3 is 10.3 Å². The molecule has 0 bridgehead atoms. The first-order chi connectivity index (χ1) is 12.6. The molecule has 0 radical (unpaired) electrons. The van der Waals surface area contributed by atoms with E-state index in [-0.39, 0.29) is 5.91 Å². The normalized spacial score (nSPS) is 11.2. The van der Waals surface area contributed by atoms with Gasteiger partial charge >= 0.3 is 0 Å². The molecule has 4 aromatic rings. The highest BCUT2D eigenvalue weighted by molar-refractivity contribution is 6.14. The number of nitrogens with one attached hydrogen (secondary N) is 2. The lowest BCUT2D eigenvalue weighted by atomic mass is 9.97. The minimum atomic E-state index is 0.0168. The van der Waals surface area contributed by atoms with Crippen molar-refractivity contribution in [2.75, 3.05) is 5.32 Å². The SMILES string of the molecule is CCC(=O)Nc1cccc(-c2ccc(C)c3[nH]c4ncc(C)cc4c23)c1. The summed E-state index contributed by atoms with van der Waals surface area (Å²) in [5.41, 5.74) is 7.36. The van der Waals surface area contributed by atoms with Crippen molar-refractivity contribution in [3.63, 3.8) is 0 Å². The number of aromatic amines is 1. The van der Waals surface area contributed by atoms with Crippen molar-refractivity contribution in [2.24, 2.45) is 0 Å². The molecule has 0 saturated heterocycles. The number of amides is 1. The van der Waals surface area contributed by atoms with Gasteiger partial charge in [-0.25, -0.2) is 4.98 Å². The summed E-state index contributed by atoms with van der Waals surface area (Å²) in [6, 6.07) is 14.4. The number of carbonyl (C=O) groups is 1. The lowest BCUT2D eigenvalue weighted by Gasteiger charge is -2.09. The fourth-order valence-electron chi connectivity index (χ4n) is 3.38. The second-order valence-corrected chi connectivity index (χ2v) is 6.70. The van der Waals surface area contributed by atoms with E-state index in [4.69, 9.17) is 0 Å². The molecular weight excluding hydrogens is 322 g/mol. The molecule has 1 amide bonds.